The maximum absolute atomic E-state index is 11.8. The predicted octanol–water partition coefficient (Wildman–Crippen LogP) is 1.47. The number of anilines is 1. The first-order valence-electron chi connectivity index (χ1n) is 5.88. The Labute approximate surface area is 100 Å². The van der Waals surface area contributed by atoms with E-state index in [0.717, 1.165) is 12.1 Å². The van der Waals surface area contributed by atoms with E-state index < -0.39 is 0 Å². The standard InChI is InChI=1S/C13H16N2O2/c1-2-9-3-5-10(6-4-9)14-13(17)11-7-8-12(16)15-11/h3-6,11H,2,7-8H2,1H3,(H,14,17)(H,15,16)/t11-/m1/s1. The summed E-state index contributed by atoms with van der Waals surface area (Å²) >= 11 is 0. The normalized spacial score (nSPS) is 18.9. The Kier molecular flexibility index (Phi) is 3.42. The summed E-state index contributed by atoms with van der Waals surface area (Å²) in [7, 11) is 0. The summed E-state index contributed by atoms with van der Waals surface area (Å²) < 4.78 is 0. The summed E-state index contributed by atoms with van der Waals surface area (Å²) in [6, 6.07) is 7.36. The number of hydrogen-bond donors (Lipinski definition) is 2. The fourth-order valence-electron chi connectivity index (χ4n) is 1.86. The van der Waals surface area contributed by atoms with Crippen molar-refractivity contribution in [3.8, 4) is 0 Å². The van der Waals surface area contributed by atoms with Crippen molar-refractivity contribution < 1.29 is 9.59 Å². The van der Waals surface area contributed by atoms with Crippen LogP contribution in [0.4, 0.5) is 5.69 Å². The van der Waals surface area contributed by atoms with E-state index in [1.165, 1.54) is 5.56 Å². The Hall–Kier alpha value is -1.84. The number of benzene rings is 1. The number of rotatable bonds is 3. The Bertz CT molecular complexity index is 426. The van der Waals surface area contributed by atoms with Gasteiger partial charge in [0.15, 0.2) is 0 Å². The zero-order valence-corrected chi connectivity index (χ0v) is 9.82. The van der Waals surface area contributed by atoms with Crippen LogP contribution in [0.25, 0.3) is 0 Å². The molecule has 1 aromatic carbocycles. The average molecular weight is 232 g/mol. The first-order valence-corrected chi connectivity index (χ1v) is 5.88. The molecular weight excluding hydrogens is 216 g/mol. The first-order chi connectivity index (χ1) is 8.19. The fourth-order valence-corrected chi connectivity index (χ4v) is 1.86. The fraction of sp³-hybridized carbons (Fsp3) is 0.385. The molecule has 17 heavy (non-hydrogen) atoms. The number of amides is 2. The summed E-state index contributed by atoms with van der Waals surface area (Å²) in [4.78, 5) is 22.8. The Morgan fingerprint density at radius 1 is 1.41 bits per heavy atom. The molecule has 0 radical (unpaired) electrons. The van der Waals surface area contributed by atoms with E-state index in [1.807, 2.05) is 24.3 Å². The molecule has 4 nitrogen and oxygen atoms in total. The first kappa shape index (κ1) is 11.6. The highest BCUT2D eigenvalue weighted by Gasteiger charge is 2.26. The van der Waals surface area contributed by atoms with Gasteiger partial charge in [0, 0.05) is 12.1 Å². The molecular formula is C13H16N2O2. The second-order valence-corrected chi connectivity index (χ2v) is 4.20. The molecule has 2 rings (SSSR count). The van der Waals surface area contributed by atoms with Crippen LogP contribution in [0.5, 0.6) is 0 Å². The monoisotopic (exact) mass is 232 g/mol. The lowest BCUT2D eigenvalue weighted by Crippen LogP contribution is -2.37. The minimum absolute atomic E-state index is 0.0496. The zero-order valence-electron chi connectivity index (χ0n) is 9.82. The van der Waals surface area contributed by atoms with Gasteiger partial charge in [-0.1, -0.05) is 19.1 Å². The molecule has 0 aliphatic carbocycles. The number of hydrogen-bond acceptors (Lipinski definition) is 2. The van der Waals surface area contributed by atoms with E-state index >= 15 is 0 Å². The molecule has 1 saturated heterocycles. The van der Waals surface area contributed by atoms with Gasteiger partial charge in [0.05, 0.1) is 0 Å². The van der Waals surface area contributed by atoms with E-state index in [2.05, 4.69) is 17.6 Å². The third kappa shape index (κ3) is 2.84. The van der Waals surface area contributed by atoms with Crippen LogP contribution in [-0.4, -0.2) is 17.9 Å². The van der Waals surface area contributed by atoms with E-state index in [1.54, 1.807) is 0 Å². The van der Waals surface area contributed by atoms with Gasteiger partial charge in [-0.25, -0.2) is 0 Å². The van der Waals surface area contributed by atoms with Gasteiger partial charge in [-0.2, -0.15) is 0 Å². The highest BCUT2D eigenvalue weighted by atomic mass is 16.2. The number of aryl methyl sites for hydroxylation is 1. The van der Waals surface area contributed by atoms with Crippen molar-refractivity contribution in [3.63, 3.8) is 0 Å². The minimum Gasteiger partial charge on any atom is -0.344 e. The lowest BCUT2D eigenvalue weighted by Gasteiger charge is -2.11. The summed E-state index contributed by atoms with van der Waals surface area (Å²) in [6.07, 6.45) is 2.00. The van der Waals surface area contributed by atoms with Crippen LogP contribution in [0, 0.1) is 0 Å². The number of carbonyl (C=O) groups excluding carboxylic acids is 2. The van der Waals surface area contributed by atoms with Crippen LogP contribution < -0.4 is 10.6 Å². The van der Waals surface area contributed by atoms with Gasteiger partial charge in [0.2, 0.25) is 11.8 Å². The van der Waals surface area contributed by atoms with Gasteiger partial charge in [-0.05, 0) is 30.5 Å². The maximum atomic E-state index is 11.8. The molecule has 0 spiro atoms. The molecule has 90 valence electrons. The Morgan fingerprint density at radius 2 is 2.12 bits per heavy atom. The number of nitrogens with one attached hydrogen (secondary N) is 2. The van der Waals surface area contributed by atoms with Crippen molar-refractivity contribution in [1.82, 2.24) is 5.32 Å². The molecule has 1 aliphatic heterocycles. The molecule has 1 atom stereocenters. The van der Waals surface area contributed by atoms with E-state index in [9.17, 15) is 9.59 Å². The van der Waals surface area contributed by atoms with Crippen LogP contribution in [0.1, 0.15) is 25.3 Å². The summed E-state index contributed by atoms with van der Waals surface area (Å²) in [6.45, 7) is 2.08. The molecule has 2 amide bonds. The second-order valence-electron chi connectivity index (χ2n) is 4.20. The maximum Gasteiger partial charge on any atom is 0.246 e. The van der Waals surface area contributed by atoms with Gasteiger partial charge in [0.1, 0.15) is 6.04 Å². The van der Waals surface area contributed by atoms with Crippen molar-refractivity contribution >= 4 is 17.5 Å². The quantitative estimate of drug-likeness (QED) is 0.829. The van der Waals surface area contributed by atoms with Crippen LogP contribution in [-0.2, 0) is 16.0 Å². The lowest BCUT2D eigenvalue weighted by atomic mass is 10.1. The third-order valence-corrected chi connectivity index (χ3v) is 2.94. The average Bonchev–Trinajstić information content (AvgIpc) is 2.77. The summed E-state index contributed by atoms with van der Waals surface area (Å²) in [5, 5.41) is 5.45. The van der Waals surface area contributed by atoms with Gasteiger partial charge < -0.3 is 10.6 Å². The molecule has 1 heterocycles. The minimum atomic E-state index is -0.381. The summed E-state index contributed by atoms with van der Waals surface area (Å²) in [5.41, 5.74) is 2.01. The van der Waals surface area contributed by atoms with Gasteiger partial charge in [-0.15, -0.1) is 0 Å². The van der Waals surface area contributed by atoms with Gasteiger partial charge in [0.25, 0.3) is 0 Å². The highest BCUT2D eigenvalue weighted by Crippen LogP contribution is 2.13. The third-order valence-electron chi connectivity index (χ3n) is 2.94. The smallest absolute Gasteiger partial charge is 0.246 e. The SMILES string of the molecule is CCc1ccc(NC(=O)[C@H]2CCC(=O)N2)cc1. The predicted molar refractivity (Wildman–Crippen MR) is 65.6 cm³/mol. The van der Waals surface area contributed by atoms with Crippen molar-refractivity contribution in [3.05, 3.63) is 29.8 Å². The van der Waals surface area contributed by atoms with E-state index in [4.69, 9.17) is 0 Å². The molecule has 2 N–H and O–H groups in total. The molecule has 1 aromatic rings. The molecule has 0 unspecified atom stereocenters. The van der Waals surface area contributed by atoms with Crippen molar-refractivity contribution in [1.29, 1.82) is 0 Å². The van der Waals surface area contributed by atoms with Crippen LogP contribution in [0.15, 0.2) is 24.3 Å². The topological polar surface area (TPSA) is 58.2 Å². The van der Waals surface area contributed by atoms with Crippen LogP contribution >= 0.6 is 0 Å². The Morgan fingerprint density at radius 3 is 2.65 bits per heavy atom. The molecule has 0 saturated carbocycles. The van der Waals surface area contributed by atoms with Gasteiger partial charge >= 0.3 is 0 Å². The zero-order chi connectivity index (χ0) is 12.3. The molecule has 1 fully saturated rings. The largest absolute Gasteiger partial charge is 0.344 e. The van der Waals surface area contributed by atoms with E-state index in [0.29, 0.717) is 12.8 Å². The van der Waals surface area contributed by atoms with Crippen LogP contribution in [0.3, 0.4) is 0 Å². The molecule has 0 bridgehead atoms. The molecule has 0 aromatic heterocycles. The lowest BCUT2D eigenvalue weighted by molar-refractivity contribution is -0.122. The Balaban J connectivity index is 1.95. The van der Waals surface area contributed by atoms with E-state index in [-0.39, 0.29) is 17.9 Å². The summed E-state index contributed by atoms with van der Waals surface area (Å²) in [5.74, 6) is -0.188. The number of carbonyl (C=O) groups is 2. The molecule has 1 aliphatic rings. The van der Waals surface area contributed by atoms with Gasteiger partial charge in [-0.3, -0.25) is 9.59 Å². The second kappa shape index (κ2) is 4.99. The van der Waals surface area contributed by atoms with Crippen LogP contribution in [0.2, 0.25) is 0 Å². The van der Waals surface area contributed by atoms with Crippen molar-refractivity contribution in [2.75, 3.05) is 5.32 Å². The molecule has 4 heteroatoms. The van der Waals surface area contributed by atoms with Crippen molar-refractivity contribution in [2.24, 2.45) is 0 Å². The van der Waals surface area contributed by atoms with Crippen molar-refractivity contribution in [2.45, 2.75) is 32.2 Å². The highest BCUT2D eigenvalue weighted by molar-refractivity contribution is 5.98.